The third-order valence-electron chi connectivity index (χ3n) is 1.76. The summed E-state index contributed by atoms with van der Waals surface area (Å²) in [5.41, 5.74) is 0. The Morgan fingerprint density at radius 1 is 1.62 bits per heavy atom. The molecule has 6 heteroatoms. The van der Waals surface area contributed by atoms with Crippen LogP contribution in [-0.4, -0.2) is 41.1 Å². The summed E-state index contributed by atoms with van der Waals surface area (Å²) in [6.07, 6.45) is -0.903. The van der Waals surface area contributed by atoms with Crippen molar-refractivity contribution in [1.29, 1.82) is 0 Å². The van der Waals surface area contributed by atoms with Crippen molar-refractivity contribution in [2.75, 3.05) is 20.3 Å². The summed E-state index contributed by atoms with van der Waals surface area (Å²) in [6.45, 7) is 4.46. The van der Waals surface area contributed by atoms with Crippen LogP contribution in [-0.2, 0) is 18.3 Å². The fraction of sp³-hybridized carbons (Fsp3) is 0.857. The fourth-order valence-electron chi connectivity index (χ4n) is 0.800. The lowest BCUT2D eigenvalue weighted by Crippen LogP contribution is -2.36. The molecule has 0 spiro atoms. The Bertz CT molecular complexity index is 193. The number of cyclic esters (lactones) is 2. The first kappa shape index (κ1) is 10.5. The molecule has 76 valence electrons. The lowest BCUT2D eigenvalue weighted by molar-refractivity contribution is 0.0856. The third-order valence-corrected chi connectivity index (χ3v) is 3.60. The zero-order valence-corrected chi connectivity index (χ0v) is 9.03. The number of ether oxygens (including phenoxy) is 2. The van der Waals surface area contributed by atoms with Gasteiger partial charge in [-0.1, -0.05) is 0 Å². The summed E-state index contributed by atoms with van der Waals surface area (Å²) in [4.78, 5) is 10.5. The van der Waals surface area contributed by atoms with E-state index in [2.05, 4.69) is 4.74 Å². The molecule has 1 aliphatic heterocycles. The molecule has 1 fully saturated rings. The zero-order chi connectivity index (χ0) is 9.90. The SMILES string of the molecule is CO[Si](C)(C)OCC1COC(=O)O1. The van der Waals surface area contributed by atoms with E-state index in [1.807, 2.05) is 13.1 Å². The number of carbonyl (C=O) groups excluding carboxylic acids is 1. The van der Waals surface area contributed by atoms with Crippen molar-refractivity contribution in [2.45, 2.75) is 19.2 Å². The van der Waals surface area contributed by atoms with Crippen molar-refractivity contribution in [3.63, 3.8) is 0 Å². The number of carbonyl (C=O) groups is 1. The molecule has 0 aromatic heterocycles. The van der Waals surface area contributed by atoms with Gasteiger partial charge in [0.15, 0.2) is 6.10 Å². The third kappa shape index (κ3) is 3.33. The molecular formula is C7H14O5Si. The first-order valence-electron chi connectivity index (χ1n) is 4.06. The molecule has 1 aliphatic rings. The molecule has 1 saturated heterocycles. The van der Waals surface area contributed by atoms with E-state index in [0.717, 1.165) is 0 Å². The maximum Gasteiger partial charge on any atom is 0.508 e. The predicted octanol–water partition coefficient (Wildman–Crippen LogP) is 0.887. The monoisotopic (exact) mass is 206 g/mol. The van der Waals surface area contributed by atoms with Crippen molar-refractivity contribution >= 4 is 14.7 Å². The Labute approximate surface area is 78.2 Å². The number of rotatable bonds is 4. The van der Waals surface area contributed by atoms with Crippen LogP contribution in [0.25, 0.3) is 0 Å². The molecule has 0 amide bonds. The molecule has 0 bridgehead atoms. The molecule has 1 atom stereocenters. The second kappa shape index (κ2) is 4.08. The van der Waals surface area contributed by atoms with Gasteiger partial charge in [-0.05, 0) is 13.1 Å². The van der Waals surface area contributed by atoms with Crippen LogP contribution in [0.1, 0.15) is 0 Å². The smallest absolute Gasteiger partial charge is 0.430 e. The maximum atomic E-state index is 10.5. The van der Waals surface area contributed by atoms with Gasteiger partial charge in [0.05, 0.1) is 6.61 Å². The van der Waals surface area contributed by atoms with Crippen LogP contribution in [0.5, 0.6) is 0 Å². The van der Waals surface area contributed by atoms with E-state index in [0.29, 0.717) is 6.61 Å². The number of hydrogen-bond acceptors (Lipinski definition) is 5. The summed E-state index contributed by atoms with van der Waals surface area (Å²) in [5, 5.41) is 0. The Morgan fingerprint density at radius 3 is 2.77 bits per heavy atom. The normalized spacial score (nSPS) is 22.7. The summed E-state index contributed by atoms with van der Waals surface area (Å²) in [7, 11) is -0.399. The van der Waals surface area contributed by atoms with E-state index in [-0.39, 0.29) is 12.7 Å². The van der Waals surface area contributed by atoms with E-state index in [9.17, 15) is 4.79 Å². The molecule has 0 aliphatic carbocycles. The van der Waals surface area contributed by atoms with Crippen LogP contribution in [0.3, 0.4) is 0 Å². The topological polar surface area (TPSA) is 54.0 Å². The molecular weight excluding hydrogens is 192 g/mol. The van der Waals surface area contributed by atoms with Gasteiger partial charge in [-0.2, -0.15) is 0 Å². The van der Waals surface area contributed by atoms with E-state index in [1.165, 1.54) is 0 Å². The Morgan fingerprint density at radius 2 is 2.31 bits per heavy atom. The molecule has 1 unspecified atom stereocenters. The Kier molecular flexibility index (Phi) is 3.29. The molecule has 0 aromatic rings. The van der Waals surface area contributed by atoms with Crippen molar-refractivity contribution in [1.82, 2.24) is 0 Å². The van der Waals surface area contributed by atoms with Crippen LogP contribution in [0.4, 0.5) is 4.79 Å². The highest BCUT2D eigenvalue weighted by atomic mass is 28.4. The zero-order valence-electron chi connectivity index (χ0n) is 8.03. The first-order chi connectivity index (χ1) is 6.03. The van der Waals surface area contributed by atoms with Gasteiger partial charge < -0.3 is 18.3 Å². The van der Waals surface area contributed by atoms with Crippen LogP contribution in [0.15, 0.2) is 0 Å². The van der Waals surface area contributed by atoms with Gasteiger partial charge in [0.1, 0.15) is 6.61 Å². The van der Waals surface area contributed by atoms with Gasteiger partial charge in [0.2, 0.25) is 0 Å². The maximum absolute atomic E-state index is 10.5. The highest BCUT2D eigenvalue weighted by Gasteiger charge is 2.29. The van der Waals surface area contributed by atoms with Crippen LogP contribution in [0, 0.1) is 0 Å². The summed E-state index contributed by atoms with van der Waals surface area (Å²) in [6, 6.07) is 0. The minimum absolute atomic E-state index is 0.271. The summed E-state index contributed by atoms with van der Waals surface area (Å²) < 4.78 is 20.0. The van der Waals surface area contributed by atoms with Gasteiger partial charge in [-0.15, -0.1) is 0 Å². The lowest BCUT2D eigenvalue weighted by Gasteiger charge is -2.21. The minimum atomic E-state index is -2.01. The van der Waals surface area contributed by atoms with Crippen LogP contribution < -0.4 is 0 Å². The Balaban J connectivity index is 2.23. The highest BCUT2D eigenvalue weighted by molar-refractivity contribution is 6.64. The molecule has 13 heavy (non-hydrogen) atoms. The number of hydrogen-bond donors (Lipinski definition) is 0. The standard InChI is InChI=1S/C7H14O5Si/c1-9-13(2,3)11-5-6-4-10-7(8)12-6/h6H,4-5H2,1-3H3. The van der Waals surface area contributed by atoms with Crippen molar-refractivity contribution < 1.29 is 23.1 Å². The van der Waals surface area contributed by atoms with Crippen molar-refractivity contribution in [2.24, 2.45) is 0 Å². The summed E-state index contributed by atoms with van der Waals surface area (Å²) in [5.74, 6) is 0. The van der Waals surface area contributed by atoms with Gasteiger partial charge in [-0.3, -0.25) is 0 Å². The molecule has 5 nitrogen and oxygen atoms in total. The second-order valence-corrected chi connectivity index (χ2v) is 6.71. The average Bonchev–Trinajstić information content (AvgIpc) is 2.48. The molecule has 0 saturated carbocycles. The second-order valence-electron chi connectivity index (χ2n) is 3.22. The highest BCUT2D eigenvalue weighted by Crippen LogP contribution is 2.10. The van der Waals surface area contributed by atoms with Gasteiger partial charge in [0.25, 0.3) is 0 Å². The molecule has 0 aromatic carbocycles. The Hall–Kier alpha value is -0.593. The molecule has 0 N–H and O–H groups in total. The summed E-state index contributed by atoms with van der Waals surface area (Å²) >= 11 is 0. The van der Waals surface area contributed by atoms with E-state index in [4.69, 9.17) is 13.6 Å². The van der Waals surface area contributed by atoms with E-state index >= 15 is 0 Å². The van der Waals surface area contributed by atoms with E-state index < -0.39 is 14.7 Å². The van der Waals surface area contributed by atoms with Gasteiger partial charge in [0, 0.05) is 7.11 Å². The fourth-order valence-corrected chi connectivity index (χ4v) is 1.50. The lowest BCUT2D eigenvalue weighted by atomic mass is 10.4. The van der Waals surface area contributed by atoms with Gasteiger partial charge >= 0.3 is 14.7 Å². The van der Waals surface area contributed by atoms with Crippen molar-refractivity contribution in [3.05, 3.63) is 0 Å². The molecule has 0 radical (unpaired) electrons. The van der Waals surface area contributed by atoms with Crippen molar-refractivity contribution in [3.8, 4) is 0 Å². The van der Waals surface area contributed by atoms with E-state index in [1.54, 1.807) is 7.11 Å². The predicted molar refractivity (Wildman–Crippen MR) is 46.7 cm³/mol. The van der Waals surface area contributed by atoms with Gasteiger partial charge in [-0.25, -0.2) is 4.79 Å². The largest absolute Gasteiger partial charge is 0.508 e. The first-order valence-corrected chi connectivity index (χ1v) is 6.87. The van der Waals surface area contributed by atoms with Crippen LogP contribution >= 0.6 is 0 Å². The quantitative estimate of drug-likeness (QED) is 0.505. The molecule has 1 rings (SSSR count). The minimum Gasteiger partial charge on any atom is -0.430 e. The molecule has 1 heterocycles. The average molecular weight is 206 g/mol. The van der Waals surface area contributed by atoms with Crippen LogP contribution in [0.2, 0.25) is 13.1 Å².